The number of rotatable bonds is 7. The van der Waals surface area contributed by atoms with Gasteiger partial charge in [-0.3, -0.25) is 9.89 Å². The third kappa shape index (κ3) is 5.17. The highest BCUT2D eigenvalue weighted by Crippen LogP contribution is 2.24. The second kappa shape index (κ2) is 9.99. The molecule has 0 saturated carbocycles. The van der Waals surface area contributed by atoms with Crippen LogP contribution in [0.2, 0.25) is 0 Å². The summed E-state index contributed by atoms with van der Waals surface area (Å²) in [4.78, 5) is 10.9. The smallest absolute Gasteiger partial charge is 0.193 e. The van der Waals surface area contributed by atoms with E-state index < -0.39 is 17.7 Å². The van der Waals surface area contributed by atoms with Gasteiger partial charge in [-0.15, -0.1) is 0 Å². The van der Waals surface area contributed by atoms with Gasteiger partial charge in [0.15, 0.2) is 5.96 Å². The van der Waals surface area contributed by atoms with E-state index in [1.807, 2.05) is 19.0 Å². The Morgan fingerprint density at radius 1 is 1.26 bits per heavy atom. The highest BCUT2D eigenvalue weighted by Gasteiger charge is 2.29. The van der Waals surface area contributed by atoms with Crippen LogP contribution in [-0.4, -0.2) is 80.6 Å². The van der Waals surface area contributed by atoms with Gasteiger partial charge in [0.1, 0.15) is 11.6 Å². The molecule has 0 aliphatic carbocycles. The fourth-order valence-corrected chi connectivity index (χ4v) is 3.86. The molecule has 2 unspecified atom stereocenters. The fraction of sp³-hybridized carbons (Fsp3) is 0.650. The summed E-state index contributed by atoms with van der Waals surface area (Å²) in [5, 5.41) is 3.32. The second-order valence-electron chi connectivity index (χ2n) is 7.15. The van der Waals surface area contributed by atoms with Gasteiger partial charge in [-0.1, -0.05) is 19.9 Å². The average Bonchev–Trinajstić information content (AvgIpc) is 3.11. The Labute approximate surface area is 162 Å². The summed E-state index contributed by atoms with van der Waals surface area (Å²) in [6, 6.07) is 4.10. The molecule has 0 aromatic heterocycles. The minimum Gasteiger partial charge on any atom is -0.354 e. The summed E-state index contributed by atoms with van der Waals surface area (Å²) in [5.74, 6) is -0.255. The van der Waals surface area contributed by atoms with Gasteiger partial charge in [-0.2, -0.15) is 0 Å². The van der Waals surface area contributed by atoms with Crippen LogP contribution in [-0.2, 0) is 0 Å². The molecular weight excluding hydrogens is 348 g/mol. The van der Waals surface area contributed by atoms with Crippen LogP contribution in [0.4, 0.5) is 8.78 Å². The van der Waals surface area contributed by atoms with Crippen LogP contribution in [0.5, 0.6) is 0 Å². The van der Waals surface area contributed by atoms with Crippen LogP contribution < -0.4 is 5.32 Å². The highest BCUT2D eigenvalue weighted by molar-refractivity contribution is 5.80. The van der Waals surface area contributed by atoms with E-state index in [1.54, 1.807) is 7.05 Å². The molecule has 1 fully saturated rings. The summed E-state index contributed by atoms with van der Waals surface area (Å²) < 4.78 is 28.5. The summed E-state index contributed by atoms with van der Waals surface area (Å²) in [6.07, 6.45) is 1.10. The molecule has 7 heteroatoms. The van der Waals surface area contributed by atoms with Gasteiger partial charge in [0.05, 0.1) is 6.04 Å². The van der Waals surface area contributed by atoms with Gasteiger partial charge in [-0.05, 0) is 45.7 Å². The van der Waals surface area contributed by atoms with Crippen molar-refractivity contribution >= 4 is 5.96 Å². The molecule has 1 aromatic carbocycles. The number of nitrogens with one attached hydrogen (secondary N) is 1. The number of halogens is 2. The molecule has 0 bridgehead atoms. The van der Waals surface area contributed by atoms with E-state index in [0.29, 0.717) is 12.6 Å². The topological polar surface area (TPSA) is 34.1 Å². The molecule has 1 N–H and O–H groups in total. The van der Waals surface area contributed by atoms with E-state index in [0.717, 1.165) is 38.6 Å². The molecule has 0 amide bonds. The van der Waals surface area contributed by atoms with E-state index in [4.69, 9.17) is 0 Å². The maximum Gasteiger partial charge on any atom is 0.193 e. The molecule has 1 aliphatic heterocycles. The molecule has 1 aromatic rings. The first kappa shape index (κ1) is 21.6. The normalized spacial score (nSPS) is 19.2. The van der Waals surface area contributed by atoms with Crippen molar-refractivity contribution in [3.05, 3.63) is 35.4 Å². The van der Waals surface area contributed by atoms with Crippen LogP contribution in [0.3, 0.4) is 0 Å². The van der Waals surface area contributed by atoms with Crippen LogP contribution in [0.25, 0.3) is 0 Å². The van der Waals surface area contributed by atoms with Crippen molar-refractivity contribution in [2.24, 2.45) is 4.99 Å². The summed E-state index contributed by atoms with van der Waals surface area (Å²) in [5.41, 5.74) is 0.0906. The van der Waals surface area contributed by atoms with E-state index >= 15 is 0 Å². The van der Waals surface area contributed by atoms with E-state index in [1.165, 1.54) is 18.2 Å². The average molecular weight is 382 g/mol. The largest absolute Gasteiger partial charge is 0.354 e. The summed E-state index contributed by atoms with van der Waals surface area (Å²) in [6.45, 7) is 8.67. The van der Waals surface area contributed by atoms with Gasteiger partial charge in [0.2, 0.25) is 0 Å². The first-order valence-corrected chi connectivity index (χ1v) is 9.72. The van der Waals surface area contributed by atoms with Crippen LogP contribution in [0.1, 0.15) is 31.9 Å². The number of hydrogen-bond acceptors (Lipinski definition) is 3. The van der Waals surface area contributed by atoms with Crippen LogP contribution in [0.15, 0.2) is 23.2 Å². The number of nitrogens with zero attached hydrogens (tertiary/aromatic N) is 4. The minimum atomic E-state index is -0.520. The van der Waals surface area contributed by atoms with Gasteiger partial charge < -0.3 is 15.1 Å². The molecule has 152 valence electrons. The zero-order valence-corrected chi connectivity index (χ0v) is 17.2. The number of guanidine groups is 1. The Bertz CT molecular complexity index is 611. The Morgan fingerprint density at radius 3 is 2.41 bits per heavy atom. The number of likely N-dealkylation sites (N-methyl/N-ethyl adjacent to an activating group) is 2. The predicted molar refractivity (Wildman–Crippen MR) is 107 cm³/mol. The quantitative estimate of drug-likeness (QED) is 0.581. The predicted octanol–water partition coefficient (Wildman–Crippen LogP) is 2.56. The number of aliphatic imine (C=N–C) groups is 1. The lowest BCUT2D eigenvalue weighted by atomic mass is 10.0. The molecule has 2 atom stereocenters. The molecule has 2 rings (SSSR count). The standard InChI is InChI=1S/C20H33F2N5/c1-6-26(7-2)15-11-12-27(14-15)20(23-3)24-13-18(25(4)5)19-16(21)9-8-10-17(19)22/h8-10,15,18H,6-7,11-14H2,1-5H3,(H,23,24). The Balaban J connectivity index is 2.06. The van der Waals surface area contributed by atoms with Gasteiger partial charge in [-0.25, -0.2) is 8.78 Å². The molecule has 1 saturated heterocycles. The van der Waals surface area contributed by atoms with E-state index in [2.05, 4.69) is 34.0 Å². The third-order valence-corrected chi connectivity index (χ3v) is 5.41. The SMILES string of the molecule is CCN(CC)C1CCN(C(=NC)NCC(c2c(F)cccc2F)N(C)C)C1. The van der Waals surface area contributed by atoms with Crippen molar-refractivity contribution in [2.75, 3.05) is 53.9 Å². The van der Waals surface area contributed by atoms with Crippen molar-refractivity contribution in [1.82, 2.24) is 20.0 Å². The summed E-state index contributed by atoms with van der Waals surface area (Å²) in [7, 11) is 5.40. The van der Waals surface area contributed by atoms with Crippen molar-refractivity contribution in [3.63, 3.8) is 0 Å². The molecule has 0 spiro atoms. The molecular formula is C20H33F2N5. The molecule has 0 radical (unpaired) electrons. The van der Waals surface area contributed by atoms with Crippen LogP contribution >= 0.6 is 0 Å². The van der Waals surface area contributed by atoms with Gasteiger partial charge in [0.25, 0.3) is 0 Å². The van der Waals surface area contributed by atoms with Gasteiger partial charge >= 0.3 is 0 Å². The molecule has 27 heavy (non-hydrogen) atoms. The molecule has 5 nitrogen and oxygen atoms in total. The second-order valence-corrected chi connectivity index (χ2v) is 7.15. The van der Waals surface area contributed by atoms with E-state index in [-0.39, 0.29) is 5.56 Å². The Hall–Kier alpha value is -1.73. The first-order chi connectivity index (χ1) is 12.9. The zero-order chi connectivity index (χ0) is 20.0. The minimum absolute atomic E-state index is 0.0906. The fourth-order valence-electron chi connectivity index (χ4n) is 3.86. The van der Waals surface area contributed by atoms with E-state index in [9.17, 15) is 8.78 Å². The number of likely N-dealkylation sites (tertiary alicyclic amines) is 1. The molecule has 1 aliphatic rings. The number of benzene rings is 1. The lowest BCUT2D eigenvalue weighted by molar-refractivity contribution is 0.223. The maximum absolute atomic E-state index is 14.2. The van der Waals surface area contributed by atoms with Crippen molar-refractivity contribution in [3.8, 4) is 0 Å². The Morgan fingerprint density at radius 2 is 1.89 bits per heavy atom. The van der Waals surface area contributed by atoms with Crippen molar-refractivity contribution < 1.29 is 8.78 Å². The lowest BCUT2D eigenvalue weighted by Gasteiger charge is -2.30. The van der Waals surface area contributed by atoms with Crippen LogP contribution in [0, 0.1) is 11.6 Å². The Kier molecular flexibility index (Phi) is 7.98. The summed E-state index contributed by atoms with van der Waals surface area (Å²) >= 11 is 0. The lowest BCUT2D eigenvalue weighted by Crippen LogP contribution is -2.45. The highest BCUT2D eigenvalue weighted by atomic mass is 19.1. The number of hydrogen-bond donors (Lipinski definition) is 1. The first-order valence-electron chi connectivity index (χ1n) is 9.72. The monoisotopic (exact) mass is 381 g/mol. The van der Waals surface area contributed by atoms with Crippen molar-refractivity contribution in [1.29, 1.82) is 0 Å². The zero-order valence-electron chi connectivity index (χ0n) is 17.2. The molecule has 1 heterocycles. The van der Waals surface area contributed by atoms with Gasteiger partial charge in [0, 0.05) is 38.3 Å². The van der Waals surface area contributed by atoms with Crippen molar-refractivity contribution in [2.45, 2.75) is 32.4 Å². The maximum atomic E-state index is 14.2. The third-order valence-electron chi connectivity index (χ3n) is 5.41.